The molecule has 0 fully saturated rings. The lowest BCUT2D eigenvalue weighted by atomic mass is 10.2. The lowest BCUT2D eigenvalue weighted by molar-refractivity contribution is -0.113. The van der Waals surface area contributed by atoms with Crippen molar-refractivity contribution < 1.29 is 9.18 Å². The number of hydrogen-bond acceptors (Lipinski definition) is 4. The molecule has 31 heavy (non-hydrogen) atoms. The van der Waals surface area contributed by atoms with Gasteiger partial charge in [0.1, 0.15) is 17.7 Å². The van der Waals surface area contributed by atoms with Crippen molar-refractivity contribution in [2.24, 2.45) is 7.05 Å². The predicted molar refractivity (Wildman–Crippen MR) is 120 cm³/mol. The number of carbonyl (C=O) groups is 1. The second kappa shape index (κ2) is 8.28. The highest BCUT2D eigenvalue weighted by molar-refractivity contribution is 7.99. The number of carbonyl (C=O) groups excluding carboxylic acids is 1. The van der Waals surface area contributed by atoms with Crippen LogP contribution in [0.1, 0.15) is 16.8 Å². The minimum atomic E-state index is -0.352. The Morgan fingerprint density at radius 2 is 1.90 bits per heavy atom. The van der Waals surface area contributed by atoms with Crippen LogP contribution in [0.2, 0.25) is 0 Å². The van der Waals surface area contributed by atoms with E-state index in [0.29, 0.717) is 17.1 Å². The average molecular weight is 434 g/mol. The summed E-state index contributed by atoms with van der Waals surface area (Å²) in [6, 6.07) is 15.9. The number of hydrogen-bond donors (Lipinski definition) is 1. The van der Waals surface area contributed by atoms with Crippen LogP contribution >= 0.6 is 11.8 Å². The second-order valence-corrected chi connectivity index (χ2v) is 8.08. The van der Waals surface area contributed by atoms with Gasteiger partial charge in [0, 0.05) is 18.4 Å². The SMILES string of the molecule is Cc1c(C#N)c(NC(=O)CSc2nc3ccccc3n2C)n(-c2ccc(F)cc2)c1C. The molecule has 0 spiro atoms. The highest BCUT2D eigenvalue weighted by atomic mass is 32.2. The van der Waals surface area contributed by atoms with E-state index in [1.165, 1.54) is 23.9 Å². The van der Waals surface area contributed by atoms with Gasteiger partial charge in [-0.05, 0) is 55.8 Å². The molecule has 0 aliphatic rings. The molecular weight excluding hydrogens is 413 g/mol. The first kappa shape index (κ1) is 20.7. The molecule has 0 atom stereocenters. The molecule has 0 radical (unpaired) electrons. The molecule has 0 aliphatic heterocycles. The van der Waals surface area contributed by atoms with Gasteiger partial charge >= 0.3 is 0 Å². The van der Waals surface area contributed by atoms with Crippen molar-refractivity contribution >= 4 is 34.5 Å². The molecular formula is C23H20FN5OS. The molecule has 0 saturated carbocycles. The number of nitrogens with one attached hydrogen (secondary N) is 1. The zero-order chi connectivity index (χ0) is 22.1. The molecule has 4 aromatic rings. The third-order valence-electron chi connectivity index (χ3n) is 5.25. The van der Waals surface area contributed by atoms with E-state index in [-0.39, 0.29) is 17.5 Å². The van der Waals surface area contributed by atoms with E-state index < -0.39 is 0 Å². The molecule has 2 aromatic carbocycles. The lowest BCUT2D eigenvalue weighted by Crippen LogP contribution is -2.18. The second-order valence-electron chi connectivity index (χ2n) is 7.14. The number of imidazole rings is 1. The van der Waals surface area contributed by atoms with Crippen LogP contribution in [0.5, 0.6) is 0 Å². The van der Waals surface area contributed by atoms with Gasteiger partial charge in [-0.3, -0.25) is 9.36 Å². The zero-order valence-corrected chi connectivity index (χ0v) is 18.1. The highest BCUT2D eigenvalue weighted by Crippen LogP contribution is 2.30. The summed E-state index contributed by atoms with van der Waals surface area (Å²) in [7, 11) is 1.91. The fourth-order valence-electron chi connectivity index (χ4n) is 3.52. The number of rotatable bonds is 5. The van der Waals surface area contributed by atoms with Gasteiger partial charge in [-0.1, -0.05) is 23.9 Å². The summed E-state index contributed by atoms with van der Waals surface area (Å²) in [5.74, 6) is -0.0845. The summed E-state index contributed by atoms with van der Waals surface area (Å²) >= 11 is 1.33. The van der Waals surface area contributed by atoms with Crippen molar-refractivity contribution in [3.63, 3.8) is 0 Å². The summed E-state index contributed by atoms with van der Waals surface area (Å²) in [6.45, 7) is 3.70. The first-order valence-corrected chi connectivity index (χ1v) is 10.6. The van der Waals surface area contributed by atoms with Crippen molar-refractivity contribution in [2.75, 3.05) is 11.1 Å². The van der Waals surface area contributed by atoms with Crippen LogP contribution in [0, 0.1) is 31.0 Å². The van der Waals surface area contributed by atoms with Crippen molar-refractivity contribution in [2.45, 2.75) is 19.0 Å². The van der Waals surface area contributed by atoms with Gasteiger partial charge < -0.3 is 9.88 Å². The van der Waals surface area contributed by atoms with Gasteiger partial charge in [-0.2, -0.15) is 5.26 Å². The molecule has 2 aromatic heterocycles. The van der Waals surface area contributed by atoms with Crippen LogP contribution in [0.3, 0.4) is 0 Å². The lowest BCUT2D eigenvalue weighted by Gasteiger charge is -2.13. The van der Waals surface area contributed by atoms with E-state index in [1.54, 1.807) is 16.7 Å². The van der Waals surface area contributed by atoms with Gasteiger partial charge in [0.25, 0.3) is 0 Å². The highest BCUT2D eigenvalue weighted by Gasteiger charge is 2.21. The molecule has 156 valence electrons. The van der Waals surface area contributed by atoms with Crippen LogP contribution in [0.4, 0.5) is 10.2 Å². The van der Waals surface area contributed by atoms with E-state index in [0.717, 1.165) is 27.4 Å². The van der Waals surface area contributed by atoms with E-state index in [1.807, 2.05) is 49.7 Å². The molecule has 0 aliphatic carbocycles. The summed E-state index contributed by atoms with van der Waals surface area (Å²) in [5.41, 5.74) is 4.50. The molecule has 0 unspecified atom stereocenters. The number of thioether (sulfide) groups is 1. The van der Waals surface area contributed by atoms with Crippen molar-refractivity contribution in [1.29, 1.82) is 5.26 Å². The Balaban J connectivity index is 1.60. The molecule has 1 N–H and O–H groups in total. The van der Waals surface area contributed by atoms with Crippen LogP contribution < -0.4 is 5.32 Å². The van der Waals surface area contributed by atoms with Crippen molar-refractivity contribution in [3.8, 4) is 11.8 Å². The van der Waals surface area contributed by atoms with Crippen LogP contribution in [0.15, 0.2) is 53.7 Å². The third-order valence-corrected chi connectivity index (χ3v) is 6.28. The Labute approximate surface area is 183 Å². The van der Waals surface area contributed by atoms with Crippen molar-refractivity contribution in [3.05, 3.63) is 71.2 Å². The number of aromatic nitrogens is 3. The number of aryl methyl sites for hydroxylation is 1. The fraction of sp³-hybridized carbons (Fsp3) is 0.174. The van der Waals surface area contributed by atoms with Gasteiger partial charge in [0.15, 0.2) is 5.16 Å². The summed E-state index contributed by atoms with van der Waals surface area (Å²) in [6.07, 6.45) is 0. The van der Waals surface area contributed by atoms with Gasteiger partial charge in [-0.25, -0.2) is 9.37 Å². The van der Waals surface area contributed by atoms with Gasteiger partial charge in [0.05, 0.1) is 22.3 Å². The summed E-state index contributed by atoms with van der Waals surface area (Å²) in [4.78, 5) is 17.4. The number of amides is 1. The summed E-state index contributed by atoms with van der Waals surface area (Å²) < 4.78 is 17.1. The quantitative estimate of drug-likeness (QED) is 0.462. The molecule has 8 heteroatoms. The third kappa shape index (κ3) is 3.80. The summed E-state index contributed by atoms with van der Waals surface area (Å²) in [5, 5.41) is 13.3. The standard InChI is InChI=1S/C23H20FN5OS/c1-14-15(2)29(17-10-8-16(24)9-11-17)22(18(14)12-25)27-21(30)13-31-23-26-19-6-4-5-7-20(19)28(23)3/h4-11H,13H2,1-3H3,(H,27,30). The first-order chi connectivity index (χ1) is 14.9. The normalized spacial score (nSPS) is 10.9. The number of nitrogens with zero attached hydrogens (tertiary/aromatic N) is 4. The minimum absolute atomic E-state index is 0.134. The number of nitriles is 1. The number of anilines is 1. The number of halogens is 1. The Bertz CT molecular complexity index is 1330. The van der Waals surface area contributed by atoms with Gasteiger partial charge in [0.2, 0.25) is 5.91 Å². The van der Waals surface area contributed by atoms with Crippen LogP contribution in [-0.2, 0) is 11.8 Å². The number of para-hydroxylation sites is 2. The monoisotopic (exact) mass is 433 g/mol. The Morgan fingerprint density at radius 1 is 1.19 bits per heavy atom. The molecule has 1 amide bonds. The maximum atomic E-state index is 13.4. The average Bonchev–Trinajstić information content (AvgIpc) is 3.21. The Hall–Kier alpha value is -3.57. The molecule has 2 heterocycles. The minimum Gasteiger partial charge on any atom is -0.322 e. The van der Waals surface area contributed by atoms with Gasteiger partial charge in [-0.15, -0.1) is 0 Å². The topological polar surface area (TPSA) is 75.6 Å². The van der Waals surface area contributed by atoms with Crippen LogP contribution in [-0.4, -0.2) is 25.8 Å². The van der Waals surface area contributed by atoms with E-state index in [2.05, 4.69) is 16.4 Å². The molecule has 0 saturated heterocycles. The maximum absolute atomic E-state index is 13.4. The van der Waals surface area contributed by atoms with Crippen LogP contribution in [0.25, 0.3) is 16.7 Å². The molecule has 6 nitrogen and oxygen atoms in total. The predicted octanol–water partition coefficient (Wildman–Crippen LogP) is 4.72. The first-order valence-electron chi connectivity index (χ1n) is 9.62. The number of fused-ring (bicyclic) bond motifs is 1. The molecule has 4 rings (SSSR count). The molecule has 0 bridgehead atoms. The smallest absolute Gasteiger partial charge is 0.236 e. The Kier molecular flexibility index (Phi) is 5.53. The largest absolute Gasteiger partial charge is 0.322 e. The zero-order valence-electron chi connectivity index (χ0n) is 17.3. The van der Waals surface area contributed by atoms with E-state index >= 15 is 0 Å². The van der Waals surface area contributed by atoms with E-state index in [4.69, 9.17) is 0 Å². The maximum Gasteiger partial charge on any atom is 0.236 e. The number of benzene rings is 2. The Morgan fingerprint density at radius 3 is 2.58 bits per heavy atom. The van der Waals surface area contributed by atoms with E-state index in [9.17, 15) is 14.4 Å². The fourth-order valence-corrected chi connectivity index (χ4v) is 4.31. The van der Waals surface area contributed by atoms with Crippen molar-refractivity contribution in [1.82, 2.24) is 14.1 Å².